The zero-order valence-electron chi connectivity index (χ0n) is 15.5. The Kier molecular flexibility index (Phi) is 6.76. The quantitative estimate of drug-likeness (QED) is 0.587. The Balaban J connectivity index is 1.93. The molecular formula is C20H27NO4. The number of Topliss-reactive ketones (excluding diaryl/α,β-unsaturated/α-hetero) is 1. The van der Waals surface area contributed by atoms with Gasteiger partial charge in [0.1, 0.15) is 18.5 Å². The van der Waals surface area contributed by atoms with Crippen LogP contribution in [-0.4, -0.2) is 49.0 Å². The molecule has 1 aromatic rings. The molecule has 1 atom stereocenters. The zero-order chi connectivity index (χ0) is 18.4. The van der Waals surface area contributed by atoms with E-state index >= 15 is 0 Å². The van der Waals surface area contributed by atoms with Gasteiger partial charge >= 0.3 is 0 Å². The second kappa shape index (κ2) is 8.81. The third-order valence-electron chi connectivity index (χ3n) is 4.29. The van der Waals surface area contributed by atoms with Crippen LogP contribution in [0.15, 0.2) is 29.8 Å². The monoisotopic (exact) mass is 345 g/mol. The minimum Gasteiger partial charge on any atom is -0.491 e. The van der Waals surface area contributed by atoms with Gasteiger partial charge in [0.2, 0.25) is 5.91 Å². The van der Waals surface area contributed by atoms with E-state index in [1.165, 1.54) is 0 Å². The number of hydrogen-bond donors (Lipinski definition) is 0. The number of carbonyl (C=O) groups excluding carboxylic acids is 2. The van der Waals surface area contributed by atoms with Crippen molar-refractivity contribution in [2.75, 3.05) is 26.3 Å². The summed E-state index contributed by atoms with van der Waals surface area (Å²) in [4.78, 5) is 25.7. The van der Waals surface area contributed by atoms with Gasteiger partial charge in [-0.15, -0.1) is 0 Å². The van der Waals surface area contributed by atoms with Crippen LogP contribution in [-0.2, 0) is 9.53 Å². The lowest BCUT2D eigenvalue weighted by Gasteiger charge is -2.33. The highest BCUT2D eigenvalue weighted by Gasteiger charge is 2.25. The molecule has 25 heavy (non-hydrogen) atoms. The van der Waals surface area contributed by atoms with Gasteiger partial charge in [-0.3, -0.25) is 9.59 Å². The highest BCUT2D eigenvalue weighted by molar-refractivity contribution is 5.95. The molecular weight excluding hydrogens is 318 g/mol. The van der Waals surface area contributed by atoms with Gasteiger partial charge in [-0.05, 0) is 51.0 Å². The summed E-state index contributed by atoms with van der Waals surface area (Å²) in [5, 5.41) is 0. The number of amides is 1. The number of allylic oxidation sites excluding steroid dienone is 1. The summed E-state index contributed by atoms with van der Waals surface area (Å²) in [5.74, 6) is 0.817. The molecule has 0 saturated carbocycles. The first-order valence-electron chi connectivity index (χ1n) is 8.74. The van der Waals surface area contributed by atoms with E-state index in [0.29, 0.717) is 37.6 Å². The number of carbonyl (C=O) groups is 2. The summed E-state index contributed by atoms with van der Waals surface area (Å²) in [5.41, 5.74) is 2.38. The zero-order valence-corrected chi connectivity index (χ0v) is 15.5. The SMILES string of the molecule is CC/C=C(\C)C(=O)N1CCOC(COc2ccc(C(C)=O)c(C)c2)C1. The highest BCUT2D eigenvalue weighted by Crippen LogP contribution is 2.19. The summed E-state index contributed by atoms with van der Waals surface area (Å²) < 4.78 is 11.5. The van der Waals surface area contributed by atoms with Crippen molar-refractivity contribution in [3.8, 4) is 5.75 Å². The van der Waals surface area contributed by atoms with Gasteiger partial charge in [-0.1, -0.05) is 13.0 Å². The standard InChI is InChI=1S/C20H27NO4/c1-5-6-14(2)20(23)21-9-10-24-18(12-21)13-25-17-7-8-19(16(4)22)15(3)11-17/h6-8,11,18H,5,9-10,12-13H2,1-4H3/b14-6+. The molecule has 1 unspecified atom stereocenters. The van der Waals surface area contributed by atoms with E-state index in [2.05, 4.69) is 0 Å². The summed E-state index contributed by atoms with van der Waals surface area (Å²) in [6.45, 7) is 9.34. The fraction of sp³-hybridized carbons (Fsp3) is 0.500. The average molecular weight is 345 g/mol. The molecule has 2 rings (SSSR count). The highest BCUT2D eigenvalue weighted by atomic mass is 16.5. The first-order valence-corrected chi connectivity index (χ1v) is 8.74. The van der Waals surface area contributed by atoms with Crippen LogP contribution in [0.5, 0.6) is 5.75 Å². The van der Waals surface area contributed by atoms with Crippen LogP contribution in [0, 0.1) is 6.92 Å². The molecule has 0 N–H and O–H groups in total. The topological polar surface area (TPSA) is 55.8 Å². The van der Waals surface area contributed by atoms with Crippen molar-refractivity contribution in [2.24, 2.45) is 0 Å². The fourth-order valence-corrected chi connectivity index (χ4v) is 2.96. The van der Waals surface area contributed by atoms with Crippen LogP contribution in [0.3, 0.4) is 0 Å². The molecule has 0 spiro atoms. The van der Waals surface area contributed by atoms with E-state index < -0.39 is 0 Å². The lowest BCUT2D eigenvalue weighted by atomic mass is 10.1. The molecule has 1 aromatic carbocycles. The predicted octanol–water partition coefficient (Wildman–Crippen LogP) is 3.16. The van der Waals surface area contributed by atoms with Crippen molar-refractivity contribution in [1.29, 1.82) is 0 Å². The van der Waals surface area contributed by atoms with E-state index in [9.17, 15) is 9.59 Å². The number of aryl methyl sites for hydroxylation is 1. The first-order chi connectivity index (χ1) is 11.9. The molecule has 5 heteroatoms. The van der Waals surface area contributed by atoms with Crippen molar-refractivity contribution in [1.82, 2.24) is 4.90 Å². The number of ketones is 1. The second-order valence-corrected chi connectivity index (χ2v) is 6.38. The van der Waals surface area contributed by atoms with E-state index in [0.717, 1.165) is 17.6 Å². The van der Waals surface area contributed by atoms with Crippen LogP contribution >= 0.6 is 0 Å². The maximum Gasteiger partial charge on any atom is 0.249 e. The smallest absolute Gasteiger partial charge is 0.249 e. The number of benzene rings is 1. The molecule has 0 aliphatic carbocycles. The number of morpholine rings is 1. The summed E-state index contributed by atoms with van der Waals surface area (Å²) >= 11 is 0. The molecule has 1 saturated heterocycles. The molecule has 0 bridgehead atoms. The second-order valence-electron chi connectivity index (χ2n) is 6.38. The molecule has 1 aliphatic heterocycles. The number of hydrogen-bond acceptors (Lipinski definition) is 4. The van der Waals surface area contributed by atoms with Crippen LogP contribution in [0.1, 0.15) is 43.1 Å². The van der Waals surface area contributed by atoms with Crippen LogP contribution in [0.4, 0.5) is 0 Å². The minimum atomic E-state index is -0.153. The molecule has 0 radical (unpaired) electrons. The average Bonchev–Trinajstić information content (AvgIpc) is 2.59. The van der Waals surface area contributed by atoms with E-state index in [4.69, 9.17) is 9.47 Å². The molecule has 1 amide bonds. The molecule has 136 valence electrons. The van der Waals surface area contributed by atoms with Gasteiger partial charge < -0.3 is 14.4 Å². The van der Waals surface area contributed by atoms with Crippen molar-refractivity contribution in [3.05, 3.63) is 41.0 Å². The third kappa shape index (κ3) is 5.16. The largest absolute Gasteiger partial charge is 0.491 e. The van der Waals surface area contributed by atoms with Crippen LogP contribution in [0.2, 0.25) is 0 Å². The van der Waals surface area contributed by atoms with Gasteiger partial charge in [0.15, 0.2) is 5.78 Å². The lowest BCUT2D eigenvalue weighted by molar-refractivity contribution is -0.135. The van der Waals surface area contributed by atoms with Crippen LogP contribution in [0.25, 0.3) is 0 Å². The number of nitrogens with zero attached hydrogens (tertiary/aromatic N) is 1. The Labute approximate surface area is 149 Å². The predicted molar refractivity (Wildman–Crippen MR) is 97.0 cm³/mol. The molecule has 0 aromatic heterocycles. The number of ether oxygens (including phenoxy) is 2. The van der Waals surface area contributed by atoms with Gasteiger partial charge in [0.25, 0.3) is 0 Å². The summed E-state index contributed by atoms with van der Waals surface area (Å²) in [6, 6.07) is 5.43. The first kappa shape index (κ1) is 19.2. The fourth-order valence-electron chi connectivity index (χ4n) is 2.96. The van der Waals surface area contributed by atoms with E-state index in [-0.39, 0.29) is 17.8 Å². The van der Waals surface area contributed by atoms with Gasteiger partial charge in [0.05, 0.1) is 13.2 Å². The normalized spacial score (nSPS) is 18.2. The van der Waals surface area contributed by atoms with Gasteiger partial charge in [-0.2, -0.15) is 0 Å². The van der Waals surface area contributed by atoms with Gasteiger partial charge in [-0.25, -0.2) is 0 Å². The van der Waals surface area contributed by atoms with E-state index in [1.54, 1.807) is 19.1 Å². The maximum atomic E-state index is 12.4. The van der Waals surface area contributed by atoms with Gasteiger partial charge in [0, 0.05) is 17.7 Å². The lowest BCUT2D eigenvalue weighted by Crippen LogP contribution is -2.47. The Morgan fingerprint density at radius 3 is 2.76 bits per heavy atom. The van der Waals surface area contributed by atoms with Crippen molar-refractivity contribution < 1.29 is 19.1 Å². The molecule has 5 nitrogen and oxygen atoms in total. The Hall–Kier alpha value is -2.14. The van der Waals surface area contributed by atoms with Crippen LogP contribution < -0.4 is 4.74 Å². The molecule has 1 aliphatic rings. The Morgan fingerprint density at radius 2 is 2.12 bits per heavy atom. The minimum absolute atomic E-state index is 0.0457. The van der Waals surface area contributed by atoms with Crippen molar-refractivity contribution in [2.45, 2.75) is 40.2 Å². The number of rotatable bonds is 6. The Bertz CT molecular complexity index is 666. The molecule has 1 fully saturated rings. The Morgan fingerprint density at radius 1 is 1.36 bits per heavy atom. The maximum absolute atomic E-state index is 12.4. The summed E-state index contributed by atoms with van der Waals surface area (Å²) in [6.07, 6.45) is 2.65. The van der Waals surface area contributed by atoms with Crippen molar-refractivity contribution >= 4 is 11.7 Å². The molecule has 1 heterocycles. The van der Waals surface area contributed by atoms with E-state index in [1.807, 2.05) is 37.8 Å². The third-order valence-corrected chi connectivity index (χ3v) is 4.29. The van der Waals surface area contributed by atoms with Crippen molar-refractivity contribution in [3.63, 3.8) is 0 Å². The summed E-state index contributed by atoms with van der Waals surface area (Å²) in [7, 11) is 0.